The van der Waals surface area contributed by atoms with E-state index in [4.69, 9.17) is 5.73 Å². The number of hydrogen-bond donors (Lipinski definition) is 2. The van der Waals surface area contributed by atoms with Crippen LogP contribution < -0.4 is 11.1 Å². The van der Waals surface area contributed by atoms with Gasteiger partial charge in [-0.15, -0.1) is 0 Å². The van der Waals surface area contributed by atoms with Gasteiger partial charge in [0.25, 0.3) is 0 Å². The van der Waals surface area contributed by atoms with E-state index in [-0.39, 0.29) is 17.9 Å². The highest BCUT2D eigenvalue weighted by molar-refractivity contribution is 14.1. The van der Waals surface area contributed by atoms with E-state index in [1.807, 2.05) is 18.2 Å². The Hall–Kier alpha value is -0.620. The Morgan fingerprint density at radius 1 is 1.44 bits per heavy atom. The molecule has 98 valence electrons. The number of nitrogens with one attached hydrogen (secondary N) is 1. The van der Waals surface area contributed by atoms with Crippen LogP contribution in [0.1, 0.15) is 31.2 Å². The Morgan fingerprint density at radius 3 is 2.89 bits per heavy atom. The Morgan fingerprint density at radius 2 is 2.22 bits per heavy atom. The van der Waals surface area contributed by atoms with Crippen molar-refractivity contribution < 1.29 is 4.79 Å². The Balaban J connectivity index is 2.00. The second kappa shape index (κ2) is 6.02. The maximum atomic E-state index is 12.1. The summed E-state index contributed by atoms with van der Waals surface area (Å²) in [7, 11) is 0. The van der Waals surface area contributed by atoms with Crippen LogP contribution in [0.15, 0.2) is 18.2 Å². The molecule has 0 radical (unpaired) electrons. The molecule has 2 atom stereocenters. The van der Waals surface area contributed by atoms with Gasteiger partial charge in [-0.25, -0.2) is 0 Å². The fourth-order valence-electron chi connectivity index (χ4n) is 2.38. The molecule has 2 rings (SSSR count). The largest absolute Gasteiger partial charge is 0.328 e. The van der Waals surface area contributed by atoms with Crippen LogP contribution in [-0.4, -0.2) is 11.9 Å². The number of nitrogens with two attached hydrogens (primary N) is 1. The Labute approximate surface area is 122 Å². The molecule has 0 spiro atoms. The van der Waals surface area contributed by atoms with Crippen molar-refractivity contribution in [1.29, 1.82) is 0 Å². The fourth-order valence-corrected chi connectivity index (χ4v) is 2.90. The van der Waals surface area contributed by atoms with Crippen LogP contribution in [0.2, 0.25) is 0 Å². The molecule has 3 nitrogen and oxygen atoms in total. The molecular weight excluding hydrogens is 339 g/mol. The van der Waals surface area contributed by atoms with Gasteiger partial charge in [-0.1, -0.05) is 12.5 Å². The van der Waals surface area contributed by atoms with E-state index in [1.165, 1.54) is 9.13 Å². The minimum absolute atomic E-state index is 0.0766. The predicted molar refractivity (Wildman–Crippen MR) is 82.5 cm³/mol. The highest BCUT2D eigenvalue weighted by atomic mass is 127. The zero-order valence-corrected chi connectivity index (χ0v) is 12.7. The molecule has 0 aliphatic heterocycles. The smallest absolute Gasteiger partial charge is 0.227 e. The third-order valence-electron chi connectivity index (χ3n) is 3.52. The number of rotatable bonds is 2. The number of anilines is 1. The lowest BCUT2D eigenvalue weighted by atomic mass is 9.85. The molecule has 0 heterocycles. The van der Waals surface area contributed by atoms with Crippen LogP contribution in [0.3, 0.4) is 0 Å². The summed E-state index contributed by atoms with van der Waals surface area (Å²) in [5.74, 6) is 0.192. The summed E-state index contributed by atoms with van der Waals surface area (Å²) in [6.07, 6.45) is 3.88. The van der Waals surface area contributed by atoms with Gasteiger partial charge in [-0.2, -0.15) is 0 Å². The van der Waals surface area contributed by atoms with Gasteiger partial charge >= 0.3 is 0 Å². The maximum absolute atomic E-state index is 12.1. The SMILES string of the molecule is Cc1ccc(NC(=O)C2CCCC(N)C2)cc1I. The molecule has 1 fully saturated rings. The topological polar surface area (TPSA) is 55.1 Å². The van der Waals surface area contributed by atoms with E-state index in [0.29, 0.717) is 0 Å². The summed E-state index contributed by atoms with van der Waals surface area (Å²) in [6.45, 7) is 2.06. The van der Waals surface area contributed by atoms with Gasteiger partial charge in [0.1, 0.15) is 0 Å². The standard InChI is InChI=1S/C14H19IN2O/c1-9-5-6-12(8-13(9)15)17-14(18)10-3-2-4-11(16)7-10/h5-6,8,10-11H,2-4,7,16H2,1H3,(H,17,18). The first-order valence-electron chi connectivity index (χ1n) is 6.39. The second-order valence-electron chi connectivity index (χ2n) is 5.08. The minimum Gasteiger partial charge on any atom is -0.328 e. The average molecular weight is 358 g/mol. The van der Waals surface area contributed by atoms with Gasteiger partial charge in [-0.05, 0) is 66.5 Å². The predicted octanol–water partition coefficient (Wildman–Crippen LogP) is 3.06. The van der Waals surface area contributed by atoms with Gasteiger partial charge in [0.15, 0.2) is 0 Å². The summed E-state index contributed by atoms with van der Waals surface area (Å²) in [5.41, 5.74) is 8.03. The summed E-state index contributed by atoms with van der Waals surface area (Å²) in [6, 6.07) is 6.19. The Bertz CT molecular complexity index is 447. The van der Waals surface area contributed by atoms with Crippen LogP contribution >= 0.6 is 22.6 Å². The highest BCUT2D eigenvalue weighted by Gasteiger charge is 2.25. The highest BCUT2D eigenvalue weighted by Crippen LogP contribution is 2.25. The van der Waals surface area contributed by atoms with Crippen molar-refractivity contribution in [1.82, 2.24) is 0 Å². The van der Waals surface area contributed by atoms with Gasteiger partial charge in [0, 0.05) is 21.2 Å². The number of aryl methyl sites for hydroxylation is 1. The summed E-state index contributed by atoms with van der Waals surface area (Å²) in [4.78, 5) is 12.1. The van der Waals surface area contributed by atoms with E-state index in [9.17, 15) is 4.79 Å². The number of carbonyl (C=O) groups excluding carboxylic acids is 1. The molecule has 1 aromatic rings. The zero-order valence-electron chi connectivity index (χ0n) is 10.6. The molecule has 1 aromatic carbocycles. The third kappa shape index (κ3) is 3.45. The molecule has 0 bridgehead atoms. The summed E-state index contributed by atoms with van der Waals surface area (Å²) in [5, 5.41) is 3.00. The van der Waals surface area contributed by atoms with E-state index >= 15 is 0 Å². The first-order chi connectivity index (χ1) is 8.56. The molecule has 1 aliphatic rings. The first-order valence-corrected chi connectivity index (χ1v) is 7.46. The number of carbonyl (C=O) groups is 1. The molecule has 2 unspecified atom stereocenters. The van der Waals surface area contributed by atoms with Crippen molar-refractivity contribution in [2.45, 2.75) is 38.6 Å². The summed E-state index contributed by atoms with van der Waals surface area (Å²) < 4.78 is 1.17. The van der Waals surface area contributed by atoms with Gasteiger partial charge in [0.05, 0.1) is 0 Å². The van der Waals surface area contributed by atoms with Gasteiger partial charge < -0.3 is 11.1 Å². The monoisotopic (exact) mass is 358 g/mol. The molecule has 1 aliphatic carbocycles. The summed E-state index contributed by atoms with van der Waals surface area (Å²) >= 11 is 2.28. The van der Waals surface area contributed by atoms with Crippen molar-refractivity contribution in [2.75, 3.05) is 5.32 Å². The Kier molecular flexibility index (Phi) is 4.61. The van der Waals surface area contributed by atoms with Crippen LogP contribution in [0.5, 0.6) is 0 Å². The molecule has 1 amide bonds. The molecule has 0 aromatic heterocycles. The van der Waals surface area contributed by atoms with Crippen molar-refractivity contribution in [2.24, 2.45) is 11.7 Å². The average Bonchev–Trinajstić information content (AvgIpc) is 2.34. The number of hydrogen-bond acceptors (Lipinski definition) is 2. The van der Waals surface area contributed by atoms with Crippen LogP contribution in [0.4, 0.5) is 5.69 Å². The number of halogens is 1. The first kappa shape index (κ1) is 13.8. The maximum Gasteiger partial charge on any atom is 0.227 e. The quantitative estimate of drug-likeness (QED) is 0.799. The lowest BCUT2D eigenvalue weighted by Crippen LogP contribution is -2.34. The van der Waals surface area contributed by atoms with Crippen molar-refractivity contribution >= 4 is 34.2 Å². The van der Waals surface area contributed by atoms with E-state index in [0.717, 1.165) is 31.4 Å². The zero-order chi connectivity index (χ0) is 13.1. The minimum atomic E-state index is 0.0766. The van der Waals surface area contributed by atoms with Gasteiger partial charge in [-0.3, -0.25) is 4.79 Å². The lowest BCUT2D eigenvalue weighted by molar-refractivity contribution is -0.120. The normalized spacial score (nSPS) is 23.7. The fraction of sp³-hybridized carbons (Fsp3) is 0.500. The molecule has 1 saturated carbocycles. The second-order valence-corrected chi connectivity index (χ2v) is 6.24. The van der Waals surface area contributed by atoms with Crippen LogP contribution in [-0.2, 0) is 4.79 Å². The van der Waals surface area contributed by atoms with Crippen LogP contribution in [0.25, 0.3) is 0 Å². The van der Waals surface area contributed by atoms with Crippen molar-refractivity contribution in [3.05, 3.63) is 27.3 Å². The number of benzene rings is 1. The molecule has 4 heteroatoms. The third-order valence-corrected chi connectivity index (χ3v) is 4.69. The van der Waals surface area contributed by atoms with Crippen molar-refractivity contribution in [3.63, 3.8) is 0 Å². The molecule has 18 heavy (non-hydrogen) atoms. The van der Waals surface area contributed by atoms with E-state index in [1.54, 1.807) is 0 Å². The molecule has 3 N–H and O–H groups in total. The van der Waals surface area contributed by atoms with E-state index in [2.05, 4.69) is 34.8 Å². The van der Waals surface area contributed by atoms with Gasteiger partial charge in [0.2, 0.25) is 5.91 Å². The van der Waals surface area contributed by atoms with E-state index < -0.39 is 0 Å². The molecule has 0 saturated heterocycles. The lowest BCUT2D eigenvalue weighted by Gasteiger charge is -2.25. The number of amides is 1. The van der Waals surface area contributed by atoms with Crippen molar-refractivity contribution in [3.8, 4) is 0 Å². The molecular formula is C14H19IN2O. The van der Waals surface area contributed by atoms with Crippen LogP contribution in [0, 0.1) is 16.4 Å².